The third-order valence-electron chi connectivity index (χ3n) is 2.07. The van der Waals surface area contributed by atoms with Crippen molar-refractivity contribution in [3.8, 4) is 0 Å². The molecule has 0 saturated carbocycles. The molecule has 1 unspecified atom stereocenters. The number of carbonyl (C=O) groups is 1. The minimum absolute atomic E-state index is 0.121. The molecule has 0 radical (unpaired) electrons. The molecule has 0 spiro atoms. The van der Waals surface area contributed by atoms with Crippen LogP contribution in [0.25, 0.3) is 0 Å². The molecular formula is C9H12N4O2. The summed E-state index contributed by atoms with van der Waals surface area (Å²) in [5, 5.41) is 5.77. The lowest BCUT2D eigenvalue weighted by Gasteiger charge is -2.22. The average molecular weight is 208 g/mol. The summed E-state index contributed by atoms with van der Waals surface area (Å²) in [5.41, 5.74) is 0.592. The van der Waals surface area contributed by atoms with E-state index in [-0.39, 0.29) is 11.9 Å². The van der Waals surface area contributed by atoms with Gasteiger partial charge in [-0.3, -0.25) is 4.79 Å². The monoisotopic (exact) mass is 208 g/mol. The van der Waals surface area contributed by atoms with Gasteiger partial charge in [0.05, 0.1) is 31.3 Å². The second-order valence-electron chi connectivity index (χ2n) is 3.20. The second kappa shape index (κ2) is 4.81. The maximum atomic E-state index is 11.7. The van der Waals surface area contributed by atoms with Crippen LogP contribution in [0.2, 0.25) is 0 Å². The van der Waals surface area contributed by atoms with Crippen molar-refractivity contribution in [3.05, 3.63) is 18.7 Å². The number of nitrogens with one attached hydrogen (secondary N) is 2. The molecule has 1 aliphatic rings. The highest BCUT2D eigenvalue weighted by Gasteiger charge is 2.20. The van der Waals surface area contributed by atoms with Crippen LogP contribution in [-0.2, 0) is 9.53 Å². The molecule has 1 fully saturated rings. The maximum Gasteiger partial charge on any atom is 0.243 e. The second-order valence-corrected chi connectivity index (χ2v) is 3.20. The highest BCUT2D eigenvalue weighted by molar-refractivity contribution is 5.94. The Morgan fingerprint density at radius 1 is 1.53 bits per heavy atom. The standard InChI is InChI=1S/C9H12N4O2/c14-9(8-5-15-2-1-12-8)13-7-3-10-6-11-4-7/h3-4,6,8,12H,1-2,5H2,(H,13,14). The third-order valence-corrected chi connectivity index (χ3v) is 2.07. The minimum atomic E-state index is -0.293. The number of morpholine rings is 1. The van der Waals surface area contributed by atoms with Gasteiger partial charge in [-0.15, -0.1) is 0 Å². The zero-order valence-electron chi connectivity index (χ0n) is 8.14. The van der Waals surface area contributed by atoms with Crippen LogP contribution in [0.3, 0.4) is 0 Å². The Kier molecular flexibility index (Phi) is 3.21. The summed E-state index contributed by atoms with van der Waals surface area (Å²) in [5.74, 6) is -0.121. The summed E-state index contributed by atoms with van der Waals surface area (Å²) in [6, 6.07) is -0.293. The summed E-state index contributed by atoms with van der Waals surface area (Å²) in [7, 11) is 0. The predicted octanol–water partition coefficient (Wildman–Crippen LogP) is -0.597. The number of nitrogens with zero attached hydrogens (tertiary/aromatic N) is 2. The van der Waals surface area contributed by atoms with Crippen LogP contribution in [0.5, 0.6) is 0 Å². The largest absolute Gasteiger partial charge is 0.378 e. The van der Waals surface area contributed by atoms with E-state index < -0.39 is 0 Å². The molecule has 0 aliphatic carbocycles. The number of rotatable bonds is 2. The fraction of sp³-hybridized carbons (Fsp3) is 0.444. The summed E-state index contributed by atoms with van der Waals surface area (Å²) in [6.07, 6.45) is 4.51. The molecule has 0 bridgehead atoms. The van der Waals surface area contributed by atoms with Gasteiger partial charge < -0.3 is 15.4 Å². The number of carbonyl (C=O) groups excluding carboxylic acids is 1. The predicted molar refractivity (Wildman–Crippen MR) is 53.3 cm³/mol. The van der Waals surface area contributed by atoms with Crippen molar-refractivity contribution in [2.75, 3.05) is 25.1 Å². The summed E-state index contributed by atoms with van der Waals surface area (Å²) in [6.45, 7) is 1.75. The lowest BCUT2D eigenvalue weighted by Crippen LogP contribution is -2.48. The first-order valence-corrected chi connectivity index (χ1v) is 4.73. The van der Waals surface area contributed by atoms with Gasteiger partial charge >= 0.3 is 0 Å². The van der Waals surface area contributed by atoms with Crippen molar-refractivity contribution < 1.29 is 9.53 Å². The molecule has 2 N–H and O–H groups in total. The van der Waals surface area contributed by atoms with Crippen LogP contribution in [0, 0.1) is 0 Å². The highest BCUT2D eigenvalue weighted by atomic mass is 16.5. The van der Waals surface area contributed by atoms with Crippen LogP contribution in [-0.4, -0.2) is 41.7 Å². The SMILES string of the molecule is O=C(Nc1cncnc1)C1COCCN1. The number of aromatic nitrogens is 2. The molecule has 1 aromatic rings. The van der Waals surface area contributed by atoms with E-state index >= 15 is 0 Å². The molecule has 1 saturated heterocycles. The molecular weight excluding hydrogens is 196 g/mol. The fourth-order valence-electron chi connectivity index (χ4n) is 1.33. The van der Waals surface area contributed by atoms with E-state index in [2.05, 4.69) is 20.6 Å². The van der Waals surface area contributed by atoms with Crippen molar-refractivity contribution in [2.45, 2.75) is 6.04 Å². The molecule has 80 valence electrons. The highest BCUT2D eigenvalue weighted by Crippen LogP contribution is 2.02. The number of ether oxygens (including phenoxy) is 1. The van der Waals surface area contributed by atoms with Crippen molar-refractivity contribution in [1.82, 2.24) is 15.3 Å². The first-order valence-electron chi connectivity index (χ1n) is 4.73. The Labute approximate surface area is 87.1 Å². The quantitative estimate of drug-likeness (QED) is 0.679. The van der Waals surface area contributed by atoms with E-state index in [1.165, 1.54) is 6.33 Å². The van der Waals surface area contributed by atoms with Gasteiger partial charge in [-0.05, 0) is 0 Å². The molecule has 6 nitrogen and oxygen atoms in total. The number of amides is 1. The summed E-state index contributed by atoms with van der Waals surface area (Å²) >= 11 is 0. The van der Waals surface area contributed by atoms with Crippen molar-refractivity contribution in [3.63, 3.8) is 0 Å². The maximum absolute atomic E-state index is 11.7. The van der Waals surface area contributed by atoms with Gasteiger partial charge in [0.2, 0.25) is 5.91 Å². The van der Waals surface area contributed by atoms with Gasteiger partial charge in [-0.2, -0.15) is 0 Å². The third kappa shape index (κ3) is 2.71. The van der Waals surface area contributed by atoms with Crippen LogP contribution in [0.15, 0.2) is 18.7 Å². The van der Waals surface area contributed by atoms with Gasteiger partial charge in [0.1, 0.15) is 12.4 Å². The Balaban J connectivity index is 1.91. The van der Waals surface area contributed by atoms with Crippen LogP contribution < -0.4 is 10.6 Å². The van der Waals surface area contributed by atoms with E-state index in [0.717, 1.165) is 0 Å². The van der Waals surface area contributed by atoms with Gasteiger partial charge in [-0.25, -0.2) is 9.97 Å². The van der Waals surface area contributed by atoms with Crippen LogP contribution in [0.1, 0.15) is 0 Å². The van der Waals surface area contributed by atoms with Crippen LogP contribution in [0.4, 0.5) is 5.69 Å². The summed E-state index contributed by atoms with van der Waals surface area (Å²) < 4.78 is 5.19. The van der Waals surface area contributed by atoms with Crippen molar-refractivity contribution in [2.24, 2.45) is 0 Å². The topological polar surface area (TPSA) is 76.1 Å². The van der Waals surface area contributed by atoms with E-state index in [1.54, 1.807) is 12.4 Å². The van der Waals surface area contributed by atoms with E-state index in [9.17, 15) is 4.79 Å². The van der Waals surface area contributed by atoms with E-state index in [1.807, 2.05) is 0 Å². The Bertz CT molecular complexity index is 324. The van der Waals surface area contributed by atoms with Crippen LogP contribution >= 0.6 is 0 Å². The Hall–Kier alpha value is -1.53. The Morgan fingerprint density at radius 3 is 3.00 bits per heavy atom. The number of hydrogen-bond acceptors (Lipinski definition) is 5. The number of hydrogen-bond donors (Lipinski definition) is 2. The molecule has 0 aromatic carbocycles. The van der Waals surface area contributed by atoms with Gasteiger partial charge in [-0.1, -0.05) is 0 Å². The molecule has 1 amide bonds. The zero-order valence-corrected chi connectivity index (χ0v) is 8.14. The minimum Gasteiger partial charge on any atom is -0.378 e. The lowest BCUT2D eigenvalue weighted by atomic mass is 10.2. The Morgan fingerprint density at radius 2 is 2.33 bits per heavy atom. The smallest absolute Gasteiger partial charge is 0.243 e. The average Bonchev–Trinajstić information content (AvgIpc) is 2.31. The van der Waals surface area contributed by atoms with Gasteiger partial charge in [0.15, 0.2) is 0 Å². The normalized spacial score (nSPS) is 20.9. The first kappa shape index (κ1) is 10.0. The fourth-order valence-corrected chi connectivity index (χ4v) is 1.33. The lowest BCUT2D eigenvalue weighted by molar-refractivity contribution is -0.120. The molecule has 6 heteroatoms. The van der Waals surface area contributed by atoms with E-state index in [4.69, 9.17) is 4.74 Å². The molecule has 15 heavy (non-hydrogen) atoms. The van der Waals surface area contributed by atoms with Gasteiger partial charge in [0, 0.05) is 6.54 Å². The molecule has 1 atom stereocenters. The summed E-state index contributed by atoms with van der Waals surface area (Å²) in [4.78, 5) is 19.3. The van der Waals surface area contributed by atoms with Crippen molar-refractivity contribution >= 4 is 11.6 Å². The van der Waals surface area contributed by atoms with Gasteiger partial charge in [0.25, 0.3) is 0 Å². The molecule has 1 aliphatic heterocycles. The van der Waals surface area contributed by atoms with Crippen molar-refractivity contribution in [1.29, 1.82) is 0 Å². The van der Waals surface area contributed by atoms with E-state index in [0.29, 0.717) is 25.4 Å². The first-order chi connectivity index (χ1) is 7.36. The molecule has 2 heterocycles. The number of anilines is 1. The molecule has 2 rings (SSSR count). The zero-order chi connectivity index (χ0) is 10.5. The molecule has 1 aromatic heterocycles.